The fourth-order valence-electron chi connectivity index (χ4n) is 2.93. The van der Waals surface area contributed by atoms with Gasteiger partial charge in [-0.25, -0.2) is 0 Å². The highest BCUT2D eigenvalue weighted by Gasteiger charge is 2.22. The molecule has 0 saturated heterocycles. The molecule has 4 nitrogen and oxygen atoms in total. The maximum atomic E-state index is 11.5. The van der Waals surface area contributed by atoms with Gasteiger partial charge in [-0.2, -0.15) is 0 Å². The van der Waals surface area contributed by atoms with Crippen LogP contribution < -0.4 is 10.5 Å². The highest BCUT2D eigenvalue weighted by molar-refractivity contribution is 9.10. The van der Waals surface area contributed by atoms with Crippen LogP contribution in [0.3, 0.4) is 0 Å². The topological polar surface area (TPSA) is 72.6 Å². The van der Waals surface area contributed by atoms with E-state index in [-0.39, 0.29) is 12.3 Å². The molecule has 3 aromatic rings. The first-order valence-corrected chi connectivity index (χ1v) is 10.7. The molecule has 0 aliphatic carbocycles. The number of carboxylic acids is 1. The summed E-state index contributed by atoms with van der Waals surface area (Å²) in [5, 5.41) is 9.42. The summed E-state index contributed by atoms with van der Waals surface area (Å²) >= 11 is 3.50. The summed E-state index contributed by atoms with van der Waals surface area (Å²) in [5.74, 6) is -0.419. The standard InChI is InChI=1S/C22H19BrO3.C2H6.CH5N/c23-18-11-12-21(26-15-16-7-3-1-4-8-16)20(13-18)19(14-22(24)25)17-9-5-2-6-10-17;2*1-2/h1-13,19H,14-15H2,(H,24,25);1-2H3;2H2,1H3/t19-;;/m0../s1. The van der Waals surface area contributed by atoms with Crippen LogP contribution in [0, 0.1) is 0 Å². The molecule has 0 amide bonds. The molecule has 3 rings (SSSR count). The van der Waals surface area contributed by atoms with Gasteiger partial charge >= 0.3 is 5.97 Å². The molecule has 1 atom stereocenters. The van der Waals surface area contributed by atoms with Crippen molar-refractivity contribution in [2.75, 3.05) is 7.05 Å². The van der Waals surface area contributed by atoms with Crippen LogP contribution in [0.15, 0.2) is 83.3 Å². The van der Waals surface area contributed by atoms with E-state index in [0.29, 0.717) is 12.4 Å². The summed E-state index contributed by atoms with van der Waals surface area (Å²) in [6, 6.07) is 25.3. The van der Waals surface area contributed by atoms with Gasteiger partial charge in [0.25, 0.3) is 0 Å². The van der Waals surface area contributed by atoms with E-state index in [2.05, 4.69) is 21.7 Å². The van der Waals surface area contributed by atoms with E-state index in [1.165, 1.54) is 7.05 Å². The van der Waals surface area contributed by atoms with E-state index in [1.807, 2.05) is 92.7 Å². The zero-order chi connectivity index (χ0) is 22.4. The first-order valence-electron chi connectivity index (χ1n) is 9.94. The second-order valence-electron chi connectivity index (χ2n) is 6.02. The summed E-state index contributed by atoms with van der Waals surface area (Å²) in [4.78, 5) is 11.5. The van der Waals surface area contributed by atoms with Crippen molar-refractivity contribution in [3.8, 4) is 5.75 Å². The molecule has 0 aromatic heterocycles. The van der Waals surface area contributed by atoms with Crippen LogP contribution >= 0.6 is 15.9 Å². The Balaban J connectivity index is 0.00000106. The number of hydrogen-bond donors (Lipinski definition) is 2. The maximum absolute atomic E-state index is 11.5. The van der Waals surface area contributed by atoms with Crippen LogP contribution in [-0.2, 0) is 11.4 Å². The van der Waals surface area contributed by atoms with Gasteiger partial charge in [-0.15, -0.1) is 0 Å². The van der Waals surface area contributed by atoms with Gasteiger partial charge in [0.1, 0.15) is 12.4 Å². The maximum Gasteiger partial charge on any atom is 0.304 e. The average molecular weight is 472 g/mol. The Labute approximate surface area is 187 Å². The SMILES string of the molecule is CC.CN.O=C(O)C[C@@H](c1ccccc1)c1cc(Br)ccc1OCc1ccccc1. The molecule has 160 valence electrons. The normalized spacial score (nSPS) is 10.6. The van der Waals surface area contributed by atoms with Crippen LogP contribution in [0.2, 0.25) is 0 Å². The second-order valence-corrected chi connectivity index (χ2v) is 6.93. The van der Waals surface area contributed by atoms with Crippen molar-refractivity contribution in [3.05, 3.63) is 100 Å². The van der Waals surface area contributed by atoms with Crippen molar-refractivity contribution in [1.29, 1.82) is 0 Å². The Morgan fingerprint density at radius 1 is 0.967 bits per heavy atom. The molecule has 0 fully saturated rings. The lowest BCUT2D eigenvalue weighted by Crippen LogP contribution is -2.10. The van der Waals surface area contributed by atoms with E-state index in [1.54, 1.807) is 0 Å². The number of rotatable bonds is 7. The molecule has 0 unspecified atom stereocenters. The van der Waals surface area contributed by atoms with Crippen LogP contribution in [-0.4, -0.2) is 18.1 Å². The Morgan fingerprint density at radius 3 is 2.10 bits per heavy atom. The van der Waals surface area contributed by atoms with Crippen LogP contribution in [0.1, 0.15) is 42.9 Å². The van der Waals surface area contributed by atoms with Gasteiger partial charge in [0, 0.05) is 16.0 Å². The van der Waals surface area contributed by atoms with Crippen molar-refractivity contribution < 1.29 is 14.6 Å². The molecule has 0 aliphatic heterocycles. The monoisotopic (exact) mass is 471 g/mol. The predicted octanol–water partition coefficient (Wildman–Crippen LogP) is 6.24. The largest absolute Gasteiger partial charge is 0.489 e. The predicted molar refractivity (Wildman–Crippen MR) is 127 cm³/mol. The first-order chi connectivity index (χ1) is 14.6. The molecular formula is C25H30BrNO3. The first kappa shape index (κ1) is 25.4. The zero-order valence-electron chi connectivity index (χ0n) is 17.7. The minimum Gasteiger partial charge on any atom is -0.489 e. The second kappa shape index (κ2) is 14.4. The van der Waals surface area contributed by atoms with Crippen molar-refractivity contribution in [2.24, 2.45) is 5.73 Å². The number of nitrogens with two attached hydrogens (primary N) is 1. The zero-order valence-corrected chi connectivity index (χ0v) is 19.3. The summed E-state index contributed by atoms with van der Waals surface area (Å²) in [5.41, 5.74) is 7.39. The molecule has 0 radical (unpaired) electrons. The number of hydrogen-bond acceptors (Lipinski definition) is 3. The van der Waals surface area contributed by atoms with Crippen molar-refractivity contribution >= 4 is 21.9 Å². The summed E-state index contributed by atoms with van der Waals surface area (Å²) in [6.07, 6.45) is 0.00215. The molecular weight excluding hydrogens is 442 g/mol. The summed E-state index contributed by atoms with van der Waals surface area (Å²) in [6.45, 7) is 4.43. The minimum absolute atomic E-state index is 0.00215. The van der Waals surface area contributed by atoms with Crippen molar-refractivity contribution in [1.82, 2.24) is 0 Å². The lowest BCUT2D eigenvalue weighted by Gasteiger charge is -2.20. The van der Waals surface area contributed by atoms with E-state index >= 15 is 0 Å². The highest BCUT2D eigenvalue weighted by Crippen LogP contribution is 2.36. The molecule has 30 heavy (non-hydrogen) atoms. The van der Waals surface area contributed by atoms with Gasteiger partial charge in [0.15, 0.2) is 0 Å². The Hall–Kier alpha value is -2.63. The Bertz CT molecular complexity index is 870. The molecule has 3 aromatic carbocycles. The fourth-order valence-corrected chi connectivity index (χ4v) is 3.30. The van der Waals surface area contributed by atoms with E-state index in [4.69, 9.17) is 4.74 Å². The molecule has 0 heterocycles. The Kier molecular flexibility index (Phi) is 12.2. The van der Waals surface area contributed by atoms with E-state index in [9.17, 15) is 9.90 Å². The molecule has 0 bridgehead atoms. The molecule has 0 aliphatic rings. The third kappa shape index (κ3) is 8.01. The average Bonchev–Trinajstić information content (AvgIpc) is 2.80. The van der Waals surface area contributed by atoms with Crippen LogP contribution in [0.4, 0.5) is 0 Å². The Morgan fingerprint density at radius 2 is 1.53 bits per heavy atom. The minimum atomic E-state index is -0.840. The summed E-state index contributed by atoms with van der Waals surface area (Å²) < 4.78 is 6.94. The van der Waals surface area contributed by atoms with E-state index in [0.717, 1.165) is 21.2 Å². The van der Waals surface area contributed by atoms with Gasteiger partial charge in [-0.05, 0) is 36.4 Å². The highest BCUT2D eigenvalue weighted by atomic mass is 79.9. The van der Waals surface area contributed by atoms with Gasteiger partial charge in [-0.1, -0.05) is 90.4 Å². The molecule has 0 spiro atoms. The molecule has 5 heteroatoms. The number of halogens is 1. The van der Waals surface area contributed by atoms with Gasteiger partial charge in [0.2, 0.25) is 0 Å². The lowest BCUT2D eigenvalue weighted by molar-refractivity contribution is -0.137. The van der Waals surface area contributed by atoms with Crippen LogP contribution in [0.5, 0.6) is 5.75 Å². The number of carbonyl (C=O) groups is 1. The third-order valence-electron chi connectivity index (χ3n) is 4.17. The third-order valence-corrected chi connectivity index (χ3v) is 4.66. The summed E-state index contributed by atoms with van der Waals surface area (Å²) in [7, 11) is 1.50. The smallest absolute Gasteiger partial charge is 0.304 e. The van der Waals surface area contributed by atoms with Gasteiger partial charge in [-0.3, -0.25) is 4.79 Å². The van der Waals surface area contributed by atoms with E-state index < -0.39 is 5.97 Å². The van der Waals surface area contributed by atoms with Gasteiger partial charge < -0.3 is 15.6 Å². The molecule has 0 saturated carbocycles. The van der Waals surface area contributed by atoms with Crippen LogP contribution in [0.25, 0.3) is 0 Å². The lowest BCUT2D eigenvalue weighted by atomic mass is 9.88. The number of benzene rings is 3. The van der Waals surface area contributed by atoms with Crippen molar-refractivity contribution in [2.45, 2.75) is 32.8 Å². The molecule has 3 N–H and O–H groups in total. The van der Waals surface area contributed by atoms with Gasteiger partial charge in [0.05, 0.1) is 6.42 Å². The quantitative estimate of drug-likeness (QED) is 0.427. The van der Waals surface area contributed by atoms with Crippen molar-refractivity contribution in [3.63, 3.8) is 0 Å². The number of aliphatic carboxylic acids is 1. The fraction of sp³-hybridized carbons (Fsp3) is 0.240. The number of ether oxygens (including phenoxy) is 1. The number of carboxylic acid groups (broad SMARTS) is 1.